The summed E-state index contributed by atoms with van der Waals surface area (Å²) < 4.78 is 1.51. The van der Waals surface area contributed by atoms with E-state index in [0.717, 1.165) is 5.56 Å². The van der Waals surface area contributed by atoms with Crippen LogP contribution >= 0.6 is 0 Å². The molecule has 0 radical (unpaired) electrons. The fourth-order valence-corrected chi connectivity index (χ4v) is 1.53. The minimum absolute atomic E-state index is 0.0821. The van der Waals surface area contributed by atoms with Crippen molar-refractivity contribution in [2.75, 3.05) is 0 Å². The van der Waals surface area contributed by atoms with Crippen LogP contribution in [-0.4, -0.2) is 9.55 Å². The van der Waals surface area contributed by atoms with Gasteiger partial charge >= 0.3 is 0 Å². The van der Waals surface area contributed by atoms with Gasteiger partial charge in [-0.05, 0) is 5.56 Å². The molecule has 2 N–H and O–H groups in total. The van der Waals surface area contributed by atoms with Crippen molar-refractivity contribution in [2.45, 2.75) is 12.6 Å². The van der Waals surface area contributed by atoms with Gasteiger partial charge in [0.25, 0.3) is 5.56 Å². The van der Waals surface area contributed by atoms with E-state index in [4.69, 9.17) is 5.73 Å². The molecule has 2 rings (SSSR count). The standard InChI is InChI=1S/C12H13N3O/c13-11(10-4-2-1-3-5-10)8-15-9-14-7-6-12(15)16/h1-7,9,11H,8,13H2. The molecule has 0 spiro atoms. The van der Waals surface area contributed by atoms with E-state index >= 15 is 0 Å². The fraction of sp³-hybridized carbons (Fsp3) is 0.167. The Balaban J connectivity index is 2.17. The summed E-state index contributed by atoms with van der Waals surface area (Å²) in [5.41, 5.74) is 6.94. The Labute approximate surface area is 93.4 Å². The first-order valence-corrected chi connectivity index (χ1v) is 5.08. The minimum Gasteiger partial charge on any atom is -0.322 e. The highest BCUT2D eigenvalue weighted by atomic mass is 16.1. The highest BCUT2D eigenvalue weighted by Gasteiger charge is 2.06. The van der Waals surface area contributed by atoms with E-state index in [1.54, 1.807) is 0 Å². The number of nitrogens with zero attached hydrogens (tertiary/aromatic N) is 2. The predicted molar refractivity (Wildman–Crippen MR) is 61.9 cm³/mol. The smallest absolute Gasteiger partial charge is 0.253 e. The summed E-state index contributed by atoms with van der Waals surface area (Å²) in [6.45, 7) is 0.441. The van der Waals surface area contributed by atoms with Crippen molar-refractivity contribution < 1.29 is 0 Å². The molecule has 4 nitrogen and oxygen atoms in total. The maximum Gasteiger partial charge on any atom is 0.253 e. The molecule has 0 saturated carbocycles. The van der Waals surface area contributed by atoms with Crippen LogP contribution in [0.4, 0.5) is 0 Å². The molecule has 1 atom stereocenters. The van der Waals surface area contributed by atoms with Gasteiger partial charge in [-0.3, -0.25) is 9.36 Å². The second kappa shape index (κ2) is 4.72. The van der Waals surface area contributed by atoms with Gasteiger partial charge in [-0.2, -0.15) is 0 Å². The Morgan fingerprint density at radius 3 is 2.69 bits per heavy atom. The number of hydrogen-bond acceptors (Lipinski definition) is 3. The van der Waals surface area contributed by atoms with Gasteiger partial charge in [0.15, 0.2) is 0 Å². The van der Waals surface area contributed by atoms with Gasteiger partial charge < -0.3 is 5.73 Å². The summed E-state index contributed by atoms with van der Waals surface area (Å²) >= 11 is 0. The molecule has 0 fully saturated rings. The quantitative estimate of drug-likeness (QED) is 0.829. The van der Waals surface area contributed by atoms with Crippen LogP contribution in [0.25, 0.3) is 0 Å². The van der Waals surface area contributed by atoms with Crippen LogP contribution in [-0.2, 0) is 6.54 Å². The molecule has 4 heteroatoms. The third kappa shape index (κ3) is 2.35. The van der Waals surface area contributed by atoms with Gasteiger partial charge in [0, 0.05) is 24.8 Å². The first-order valence-electron chi connectivity index (χ1n) is 5.08. The maximum atomic E-state index is 11.5. The number of benzene rings is 1. The zero-order chi connectivity index (χ0) is 11.4. The molecular formula is C12H13N3O. The van der Waals surface area contributed by atoms with Gasteiger partial charge in [0.1, 0.15) is 0 Å². The van der Waals surface area contributed by atoms with E-state index in [-0.39, 0.29) is 11.6 Å². The zero-order valence-corrected chi connectivity index (χ0v) is 8.78. The highest BCUT2D eigenvalue weighted by molar-refractivity contribution is 5.18. The summed E-state index contributed by atoms with van der Waals surface area (Å²) in [6, 6.07) is 10.9. The van der Waals surface area contributed by atoms with Crippen molar-refractivity contribution in [3.8, 4) is 0 Å². The van der Waals surface area contributed by atoms with Crippen molar-refractivity contribution >= 4 is 0 Å². The van der Waals surface area contributed by atoms with Crippen LogP contribution in [0, 0.1) is 0 Å². The molecule has 0 saturated heterocycles. The SMILES string of the molecule is NC(Cn1cnccc1=O)c1ccccc1. The Kier molecular flexibility index (Phi) is 3.12. The minimum atomic E-state index is -0.192. The first kappa shape index (κ1) is 10.6. The summed E-state index contributed by atoms with van der Waals surface area (Å²) in [6.07, 6.45) is 2.98. The molecule has 1 aromatic carbocycles. The molecular weight excluding hydrogens is 202 g/mol. The molecule has 1 unspecified atom stereocenters. The van der Waals surface area contributed by atoms with Gasteiger partial charge in [-0.1, -0.05) is 30.3 Å². The van der Waals surface area contributed by atoms with Gasteiger partial charge in [-0.25, -0.2) is 4.98 Å². The average Bonchev–Trinajstić information content (AvgIpc) is 2.33. The van der Waals surface area contributed by atoms with Crippen molar-refractivity contribution in [3.05, 3.63) is 64.8 Å². The van der Waals surface area contributed by atoms with E-state index in [0.29, 0.717) is 6.54 Å². The lowest BCUT2D eigenvalue weighted by Gasteiger charge is -2.12. The Morgan fingerprint density at radius 2 is 2.00 bits per heavy atom. The summed E-state index contributed by atoms with van der Waals surface area (Å²) in [7, 11) is 0. The molecule has 0 aliphatic rings. The number of hydrogen-bond donors (Lipinski definition) is 1. The monoisotopic (exact) mass is 215 g/mol. The van der Waals surface area contributed by atoms with Crippen LogP contribution in [0.3, 0.4) is 0 Å². The number of nitrogens with two attached hydrogens (primary N) is 1. The third-order valence-corrected chi connectivity index (χ3v) is 2.41. The molecule has 2 aromatic rings. The van der Waals surface area contributed by atoms with Gasteiger partial charge in [0.2, 0.25) is 0 Å². The van der Waals surface area contributed by atoms with E-state index in [1.165, 1.54) is 23.2 Å². The summed E-state index contributed by atoms with van der Waals surface area (Å²) in [4.78, 5) is 15.4. The van der Waals surface area contributed by atoms with Crippen molar-refractivity contribution in [2.24, 2.45) is 5.73 Å². The highest BCUT2D eigenvalue weighted by Crippen LogP contribution is 2.10. The van der Waals surface area contributed by atoms with Crippen molar-refractivity contribution in [3.63, 3.8) is 0 Å². The van der Waals surface area contributed by atoms with Crippen LogP contribution in [0.5, 0.6) is 0 Å². The Bertz CT molecular complexity index is 507. The molecule has 0 amide bonds. The second-order valence-corrected chi connectivity index (χ2v) is 3.59. The number of aromatic nitrogens is 2. The number of rotatable bonds is 3. The van der Waals surface area contributed by atoms with Crippen LogP contribution in [0.15, 0.2) is 53.7 Å². The average molecular weight is 215 g/mol. The van der Waals surface area contributed by atoms with Crippen molar-refractivity contribution in [1.82, 2.24) is 9.55 Å². The maximum absolute atomic E-state index is 11.5. The zero-order valence-electron chi connectivity index (χ0n) is 8.78. The predicted octanol–water partition coefficient (Wildman–Crippen LogP) is 0.943. The summed E-state index contributed by atoms with van der Waals surface area (Å²) in [5.74, 6) is 0. The summed E-state index contributed by atoms with van der Waals surface area (Å²) in [5, 5.41) is 0. The largest absolute Gasteiger partial charge is 0.322 e. The second-order valence-electron chi connectivity index (χ2n) is 3.59. The lowest BCUT2D eigenvalue weighted by Crippen LogP contribution is -2.26. The first-order chi connectivity index (χ1) is 7.77. The lowest BCUT2D eigenvalue weighted by molar-refractivity contribution is 0.554. The molecule has 0 aliphatic carbocycles. The molecule has 1 aromatic heterocycles. The molecule has 0 bridgehead atoms. The van der Waals surface area contributed by atoms with E-state index in [9.17, 15) is 4.79 Å². The Hall–Kier alpha value is -1.94. The van der Waals surface area contributed by atoms with E-state index in [2.05, 4.69) is 4.98 Å². The van der Waals surface area contributed by atoms with Crippen molar-refractivity contribution in [1.29, 1.82) is 0 Å². The van der Waals surface area contributed by atoms with E-state index < -0.39 is 0 Å². The molecule has 1 heterocycles. The van der Waals surface area contributed by atoms with E-state index in [1.807, 2.05) is 30.3 Å². The normalized spacial score (nSPS) is 12.3. The van der Waals surface area contributed by atoms with Gasteiger partial charge in [0.05, 0.1) is 6.33 Å². The fourth-order valence-electron chi connectivity index (χ4n) is 1.53. The van der Waals surface area contributed by atoms with Crippen LogP contribution in [0.1, 0.15) is 11.6 Å². The molecule has 0 aliphatic heterocycles. The molecule has 16 heavy (non-hydrogen) atoms. The van der Waals surface area contributed by atoms with Crippen LogP contribution < -0.4 is 11.3 Å². The lowest BCUT2D eigenvalue weighted by atomic mass is 10.1. The topological polar surface area (TPSA) is 60.9 Å². The van der Waals surface area contributed by atoms with Gasteiger partial charge in [-0.15, -0.1) is 0 Å². The molecule has 82 valence electrons. The Morgan fingerprint density at radius 1 is 1.25 bits per heavy atom. The third-order valence-electron chi connectivity index (χ3n) is 2.41. The van der Waals surface area contributed by atoms with Crippen LogP contribution in [0.2, 0.25) is 0 Å².